The molecular formula is C19H15NO3S. The van der Waals surface area contributed by atoms with Crippen LogP contribution in [-0.4, -0.2) is 22.7 Å². The fourth-order valence-corrected chi connectivity index (χ4v) is 3.02. The van der Waals surface area contributed by atoms with Crippen LogP contribution in [0.4, 0.5) is 5.69 Å². The number of fused-ring (bicyclic) bond motifs is 1. The van der Waals surface area contributed by atoms with E-state index in [9.17, 15) is 9.59 Å². The zero-order valence-electron chi connectivity index (χ0n) is 12.7. The molecule has 5 heteroatoms. The van der Waals surface area contributed by atoms with E-state index in [4.69, 9.17) is 5.11 Å². The summed E-state index contributed by atoms with van der Waals surface area (Å²) in [5.41, 5.74) is 1.30. The number of benzene rings is 3. The highest BCUT2D eigenvalue weighted by molar-refractivity contribution is 8.00. The molecule has 120 valence electrons. The Hall–Kier alpha value is -2.79. The highest BCUT2D eigenvalue weighted by Gasteiger charge is 2.10. The maximum Gasteiger partial charge on any atom is 0.313 e. The Kier molecular flexibility index (Phi) is 4.82. The van der Waals surface area contributed by atoms with Gasteiger partial charge >= 0.3 is 5.97 Å². The fourth-order valence-electron chi connectivity index (χ4n) is 2.40. The smallest absolute Gasteiger partial charge is 0.313 e. The molecule has 0 spiro atoms. The molecule has 0 saturated carbocycles. The van der Waals surface area contributed by atoms with Crippen molar-refractivity contribution in [3.8, 4) is 0 Å². The number of hydrogen-bond donors (Lipinski definition) is 2. The minimum Gasteiger partial charge on any atom is -0.481 e. The highest BCUT2D eigenvalue weighted by atomic mass is 32.2. The van der Waals surface area contributed by atoms with Gasteiger partial charge in [0.05, 0.1) is 5.75 Å². The summed E-state index contributed by atoms with van der Waals surface area (Å²) in [5, 5.41) is 13.5. The van der Waals surface area contributed by atoms with E-state index < -0.39 is 5.97 Å². The van der Waals surface area contributed by atoms with Crippen LogP contribution in [0.15, 0.2) is 71.6 Å². The average Bonchev–Trinajstić information content (AvgIpc) is 2.60. The van der Waals surface area contributed by atoms with Crippen molar-refractivity contribution in [2.45, 2.75) is 4.90 Å². The van der Waals surface area contributed by atoms with E-state index in [2.05, 4.69) is 5.32 Å². The Balaban J connectivity index is 1.75. The van der Waals surface area contributed by atoms with Crippen molar-refractivity contribution in [2.24, 2.45) is 0 Å². The molecule has 0 aliphatic rings. The van der Waals surface area contributed by atoms with Crippen molar-refractivity contribution >= 4 is 40.1 Å². The van der Waals surface area contributed by atoms with Crippen LogP contribution in [0.1, 0.15) is 10.4 Å². The van der Waals surface area contributed by atoms with Crippen LogP contribution in [0, 0.1) is 0 Å². The molecule has 1 amide bonds. The molecule has 0 fully saturated rings. The predicted molar refractivity (Wildman–Crippen MR) is 96.7 cm³/mol. The second kappa shape index (κ2) is 7.19. The second-order valence-corrected chi connectivity index (χ2v) is 6.24. The van der Waals surface area contributed by atoms with Crippen LogP contribution in [-0.2, 0) is 4.79 Å². The van der Waals surface area contributed by atoms with Gasteiger partial charge < -0.3 is 10.4 Å². The van der Waals surface area contributed by atoms with Gasteiger partial charge in [0, 0.05) is 16.1 Å². The van der Waals surface area contributed by atoms with Crippen molar-refractivity contribution in [3.05, 3.63) is 72.3 Å². The summed E-state index contributed by atoms with van der Waals surface area (Å²) in [6, 6.07) is 20.5. The topological polar surface area (TPSA) is 66.4 Å². The molecule has 3 aromatic carbocycles. The van der Waals surface area contributed by atoms with Gasteiger partial charge in [0.15, 0.2) is 0 Å². The van der Waals surface area contributed by atoms with Crippen LogP contribution < -0.4 is 5.32 Å². The first-order chi connectivity index (χ1) is 11.6. The second-order valence-electron chi connectivity index (χ2n) is 5.19. The first-order valence-electron chi connectivity index (χ1n) is 7.37. The Morgan fingerprint density at radius 3 is 2.38 bits per heavy atom. The van der Waals surface area contributed by atoms with Crippen molar-refractivity contribution in [2.75, 3.05) is 11.1 Å². The first-order valence-corrected chi connectivity index (χ1v) is 8.36. The van der Waals surface area contributed by atoms with Gasteiger partial charge in [-0.05, 0) is 41.1 Å². The van der Waals surface area contributed by atoms with E-state index >= 15 is 0 Å². The van der Waals surface area contributed by atoms with Crippen molar-refractivity contribution in [1.29, 1.82) is 0 Å². The molecular weight excluding hydrogens is 322 g/mol. The maximum absolute atomic E-state index is 12.5. The summed E-state index contributed by atoms with van der Waals surface area (Å²) in [4.78, 5) is 24.0. The fraction of sp³-hybridized carbons (Fsp3) is 0.0526. The summed E-state index contributed by atoms with van der Waals surface area (Å²) in [7, 11) is 0. The van der Waals surface area contributed by atoms with Crippen molar-refractivity contribution < 1.29 is 14.7 Å². The number of carbonyl (C=O) groups is 2. The molecule has 0 heterocycles. The van der Waals surface area contributed by atoms with E-state index in [1.54, 1.807) is 30.3 Å². The molecule has 3 aromatic rings. The summed E-state index contributed by atoms with van der Waals surface area (Å²) in [5.74, 6) is -1.01. The van der Waals surface area contributed by atoms with Gasteiger partial charge in [0.1, 0.15) is 0 Å². The number of hydrogen-bond acceptors (Lipinski definition) is 3. The Morgan fingerprint density at radius 2 is 1.62 bits per heavy atom. The van der Waals surface area contributed by atoms with E-state index in [-0.39, 0.29) is 11.7 Å². The van der Waals surface area contributed by atoms with Crippen molar-refractivity contribution in [3.63, 3.8) is 0 Å². The molecule has 0 aliphatic carbocycles. The average molecular weight is 337 g/mol. The summed E-state index contributed by atoms with van der Waals surface area (Å²) < 4.78 is 0. The van der Waals surface area contributed by atoms with Gasteiger partial charge in [-0.2, -0.15) is 0 Å². The third-order valence-electron chi connectivity index (χ3n) is 3.51. The largest absolute Gasteiger partial charge is 0.481 e. The lowest BCUT2D eigenvalue weighted by Gasteiger charge is -2.08. The molecule has 3 rings (SSSR count). The Bertz CT molecular complexity index is 885. The van der Waals surface area contributed by atoms with Gasteiger partial charge in [0.25, 0.3) is 5.91 Å². The number of rotatable bonds is 5. The standard InChI is InChI=1S/C19H15NO3S/c21-18(22)12-24-15-10-8-14(9-11-15)20-19(23)17-7-3-5-13-4-1-2-6-16(13)17/h1-11H,12H2,(H,20,23)(H,21,22). The van der Waals surface area contributed by atoms with Crippen LogP contribution in [0.5, 0.6) is 0 Å². The zero-order chi connectivity index (χ0) is 16.9. The normalized spacial score (nSPS) is 10.5. The number of carboxylic acids is 1. The quantitative estimate of drug-likeness (QED) is 0.682. The zero-order valence-corrected chi connectivity index (χ0v) is 13.5. The van der Waals surface area contributed by atoms with Crippen molar-refractivity contribution in [1.82, 2.24) is 0 Å². The van der Waals surface area contributed by atoms with E-state index in [0.29, 0.717) is 11.3 Å². The van der Waals surface area contributed by atoms with E-state index in [0.717, 1.165) is 15.7 Å². The molecule has 2 N–H and O–H groups in total. The molecule has 0 unspecified atom stereocenters. The molecule has 0 bridgehead atoms. The predicted octanol–water partition coefficient (Wildman–Crippen LogP) is 4.27. The van der Waals surface area contributed by atoms with Gasteiger partial charge in [-0.3, -0.25) is 9.59 Å². The molecule has 0 aromatic heterocycles. The number of anilines is 1. The SMILES string of the molecule is O=C(O)CSc1ccc(NC(=O)c2cccc3ccccc23)cc1. The molecule has 0 saturated heterocycles. The lowest BCUT2D eigenvalue weighted by Crippen LogP contribution is -2.12. The lowest BCUT2D eigenvalue weighted by atomic mass is 10.0. The van der Waals surface area contributed by atoms with Crippen LogP contribution >= 0.6 is 11.8 Å². The van der Waals surface area contributed by atoms with Gasteiger partial charge in [-0.15, -0.1) is 11.8 Å². The third-order valence-corrected chi connectivity index (χ3v) is 4.51. The number of carboxylic acid groups (broad SMARTS) is 1. The molecule has 0 radical (unpaired) electrons. The summed E-state index contributed by atoms with van der Waals surface area (Å²) >= 11 is 1.24. The monoisotopic (exact) mass is 337 g/mol. The number of carbonyl (C=O) groups excluding carboxylic acids is 1. The number of aliphatic carboxylic acids is 1. The van der Waals surface area contributed by atoms with Gasteiger partial charge in [0.2, 0.25) is 0 Å². The molecule has 24 heavy (non-hydrogen) atoms. The van der Waals surface area contributed by atoms with Gasteiger partial charge in [-0.25, -0.2) is 0 Å². The highest BCUT2D eigenvalue weighted by Crippen LogP contribution is 2.22. The summed E-state index contributed by atoms with van der Waals surface area (Å²) in [6.45, 7) is 0. The summed E-state index contributed by atoms with van der Waals surface area (Å²) in [6.07, 6.45) is 0. The minimum atomic E-state index is -0.853. The van der Waals surface area contributed by atoms with Crippen LogP contribution in [0.2, 0.25) is 0 Å². The van der Waals surface area contributed by atoms with Crippen LogP contribution in [0.25, 0.3) is 10.8 Å². The minimum absolute atomic E-state index is 0.0156. The Labute approximate surface area is 143 Å². The molecule has 0 atom stereocenters. The van der Waals surface area contributed by atoms with Gasteiger partial charge in [-0.1, -0.05) is 36.4 Å². The molecule has 4 nitrogen and oxygen atoms in total. The number of thioether (sulfide) groups is 1. The maximum atomic E-state index is 12.5. The molecule has 0 aliphatic heterocycles. The third kappa shape index (κ3) is 3.75. The van der Waals surface area contributed by atoms with E-state index in [1.165, 1.54) is 11.8 Å². The van der Waals surface area contributed by atoms with Crippen LogP contribution in [0.3, 0.4) is 0 Å². The number of nitrogens with one attached hydrogen (secondary N) is 1. The van der Waals surface area contributed by atoms with E-state index in [1.807, 2.05) is 36.4 Å². The Morgan fingerprint density at radius 1 is 0.917 bits per heavy atom. The number of amides is 1. The first kappa shape index (κ1) is 16.1. The lowest BCUT2D eigenvalue weighted by molar-refractivity contribution is -0.133.